The fraction of sp³-hybridized carbons (Fsp3) is 0.0500. The van der Waals surface area contributed by atoms with Crippen LogP contribution in [0.1, 0.15) is 15.9 Å². The fourth-order valence-electron chi connectivity index (χ4n) is 2.64. The first-order chi connectivity index (χ1) is 13.8. The van der Waals surface area contributed by atoms with Crippen LogP contribution in [-0.2, 0) is 16.6 Å². The average molecular weight is 434 g/mol. The predicted octanol–water partition coefficient (Wildman–Crippen LogP) is 3.99. The molecule has 0 heterocycles. The van der Waals surface area contributed by atoms with Crippen molar-refractivity contribution in [3.8, 4) is 0 Å². The van der Waals surface area contributed by atoms with Gasteiger partial charge in [0, 0.05) is 12.2 Å². The van der Waals surface area contributed by atoms with Gasteiger partial charge in [-0.3, -0.25) is 9.52 Å². The van der Waals surface area contributed by atoms with E-state index in [-0.39, 0.29) is 33.4 Å². The minimum Gasteiger partial charge on any atom is -0.326 e. The topological polar surface area (TPSA) is 101 Å². The third kappa shape index (κ3) is 4.73. The van der Waals surface area contributed by atoms with E-state index in [1.165, 1.54) is 36.4 Å². The first-order valence-corrected chi connectivity index (χ1v) is 10.3. The molecule has 3 aromatic rings. The normalized spacial score (nSPS) is 11.1. The van der Waals surface area contributed by atoms with Crippen molar-refractivity contribution in [3.05, 3.63) is 88.7 Å². The van der Waals surface area contributed by atoms with Gasteiger partial charge in [0.25, 0.3) is 15.9 Å². The third-order valence-electron chi connectivity index (χ3n) is 4.08. The number of hydrogen-bond donors (Lipinski definition) is 3. The number of sulfonamides is 1. The van der Waals surface area contributed by atoms with Crippen LogP contribution in [0.5, 0.6) is 0 Å². The Bertz CT molecular complexity index is 1130. The average Bonchev–Trinajstić information content (AvgIpc) is 2.68. The molecule has 29 heavy (non-hydrogen) atoms. The Morgan fingerprint density at radius 2 is 1.76 bits per heavy atom. The van der Waals surface area contributed by atoms with Crippen LogP contribution in [0.3, 0.4) is 0 Å². The van der Waals surface area contributed by atoms with E-state index in [2.05, 4.69) is 10.0 Å². The number of carbonyl (C=O) groups excluding carboxylic acids is 1. The van der Waals surface area contributed by atoms with Gasteiger partial charge < -0.3 is 11.1 Å². The highest BCUT2D eigenvalue weighted by Gasteiger charge is 2.18. The number of carbonyl (C=O) groups is 1. The van der Waals surface area contributed by atoms with Gasteiger partial charge in [0.1, 0.15) is 5.82 Å². The number of rotatable bonds is 6. The van der Waals surface area contributed by atoms with Gasteiger partial charge in [0.2, 0.25) is 0 Å². The lowest BCUT2D eigenvalue weighted by Crippen LogP contribution is -2.17. The van der Waals surface area contributed by atoms with Crippen molar-refractivity contribution < 1.29 is 17.6 Å². The van der Waals surface area contributed by atoms with Gasteiger partial charge >= 0.3 is 0 Å². The second-order valence-electron chi connectivity index (χ2n) is 6.05. The lowest BCUT2D eigenvalue weighted by molar-refractivity contribution is 0.102. The van der Waals surface area contributed by atoms with Gasteiger partial charge in [0.05, 0.1) is 21.2 Å². The third-order valence-corrected chi connectivity index (χ3v) is 5.77. The highest BCUT2D eigenvalue weighted by atomic mass is 35.5. The summed E-state index contributed by atoms with van der Waals surface area (Å²) in [5.41, 5.74) is 6.37. The molecule has 0 saturated carbocycles. The molecular formula is C20H17ClFN3O3S. The molecule has 0 aliphatic rings. The lowest BCUT2D eigenvalue weighted by Gasteiger charge is -2.14. The Balaban J connectivity index is 1.90. The van der Waals surface area contributed by atoms with Crippen LogP contribution in [-0.4, -0.2) is 14.3 Å². The van der Waals surface area contributed by atoms with Crippen LogP contribution in [0.4, 0.5) is 15.8 Å². The molecule has 0 radical (unpaired) electrons. The molecule has 6 nitrogen and oxygen atoms in total. The molecule has 0 spiro atoms. The zero-order chi connectivity index (χ0) is 21.0. The summed E-state index contributed by atoms with van der Waals surface area (Å²) in [7, 11) is -3.86. The molecule has 3 rings (SSSR count). The van der Waals surface area contributed by atoms with Gasteiger partial charge in [0.15, 0.2) is 0 Å². The first kappa shape index (κ1) is 20.8. The monoisotopic (exact) mass is 433 g/mol. The molecule has 9 heteroatoms. The minimum atomic E-state index is -3.86. The number of nitrogens with two attached hydrogens (primary N) is 1. The zero-order valence-electron chi connectivity index (χ0n) is 15.0. The second-order valence-corrected chi connectivity index (χ2v) is 8.13. The predicted molar refractivity (Wildman–Crippen MR) is 111 cm³/mol. The molecule has 0 fully saturated rings. The van der Waals surface area contributed by atoms with E-state index >= 15 is 0 Å². The number of amides is 1. The van der Waals surface area contributed by atoms with Crippen molar-refractivity contribution in [2.45, 2.75) is 11.4 Å². The number of benzene rings is 3. The Labute approximate surface area is 172 Å². The summed E-state index contributed by atoms with van der Waals surface area (Å²) in [6, 6.07) is 16.3. The van der Waals surface area contributed by atoms with Crippen molar-refractivity contribution in [1.29, 1.82) is 0 Å². The van der Waals surface area contributed by atoms with Crippen LogP contribution < -0.4 is 15.8 Å². The van der Waals surface area contributed by atoms with Crippen LogP contribution in [0.15, 0.2) is 71.6 Å². The Morgan fingerprint density at radius 1 is 1.03 bits per heavy atom. The summed E-state index contributed by atoms with van der Waals surface area (Å²) in [4.78, 5) is 12.5. The Hall–Kier alpha value is -2.94. The number of anilines is 2. The smallest absolute Gasteiger partial charge is 0.261 e. The molecule has 0 aromatic heterocycles. The quantitative estimate of drug-likeness (QED) is 0.547. The molecule has 0 saturated heterocycles. The van der Waals surface area contributed by atoms with E-state index < -0.39 is 21.7 Å². The highest BCUT2D eigenvalue weighted by molar-refractivity contribution is 7.92. The largest absolute Gasteiger partial charge is 0.326 e. The van der Waals surface area contributed by atoms with Gasteiger partial charge in [-0.2, -0.15) is 0 Å². The van der Waals surface area contributed by atoms with E-state index in [1.54, 1.807) is 24.3 Å². The van der Waals surface area contributed by atoms with E-state index in [4.69, 9.17) is 17.3 Å². The maximum absolute atomic E-state index is 14.0. The van der Waals surface area contributed by atoms with Gasteiger partial charge in [-0.15, -0.1) is 0 Å². The Morgan fingerprint density at radius 3 is 2.41 bits per heavy atom. The molecular weight excluding hydrogens is 417 g/mol. The van der Waals surface area contributed by atoms with Crippen molar-refractivity contribution in [1.82, 2.24) is 0 Å². The second kappa shape index (κ2) is 8.60. The summed E-state index contributed by atoms with van der Waals surface area (Å²) in [5.74, 6) is -1.52. The summed E-state index contributed by atoms with van der Waals surface area (Å²) >= 11 is 5.92. The molecule has 0 aliphatic heterocycles. The summed E-state index contributed by atoms with van der Waals surface area (Å²) in [5, 5.41) is 2.48. The zero-order valence-corrected chi connectivity index (χ0v) is 16.6. The van der Waals surface area contributed by atoms with Crippen molar-refractivity contribution >= 4 is 38.9 Å². The number of halogens is 2. The van der Waals surface area contributed by atoms with Crippen LogP contribution in [0.25, 0.3) is 0 Å². The maximum atomic E-state index is 14.0. The molecule has 4 N–H and O–H groups in total. The lowest BCUT2D eigenvalue weighted by atomic mass is 10.1. The van der Waals surface area contributed by atoms with Crippen LogP contribution in [0.2, 0.25) is 5.02 Å². The molecule has 0 atom stereocenters. The van der Waals surface area contributed by atoms with Gasteiger partial charge in [-0.25, -0.2) is 12.8 Å². The van der Waals surface area contributed by atoms with Gasteiger partial charge in [-0.05, 0) is 42.0 Å². The number of hydrogen-bond acceptors (Lipinski definition) is 4. The standard InChI is InChI=1S/C20H17ClFN3O3S/c21-16-7-4-8-17(22)19(16)20(26)24-14-10-9-13(12-23)18(11-14)25-29(27,28)15-5-2-1-3-6-15/h1-11,25H,12,23H2,(H,24,26). The first-order valence-electron chi connectivity index (χ1n) is 8.48. The minimum absolute atomic E-state index is 0.0360. The van der Waals surface area contributed by atoms with E-state index in [0.29, 0.717) is 5.56 Å². The maximum Gasteiger partial charge on any atom is 0.261 e. The SMILES string of the molecule is NCc1ccc(NC(=O)c2c(F)cccc2Cl)cc1NS(=O)(=O)c1ccccc1. The fourth-order valence-corrected chi connectivity index (χ4v) is 4.00. The molecule has 1 amide bonds. The summed E-state index contributed by atoms with van der Waals surface area (Å²) in [6.45, 7) is 0.0695. The number of nitrogens with one attached hydrogen (secondary N) is 2. The highest BCUT2D eigenvalue weighted by Crippen LogP contribution is 2.26. The summed E-state index contributed by atoms with van der Waals surface area (Å²) < 4.78 is 41.6. The molecule has 3 aromatic carbocycles. The van der Waals surface area contributed by atoms with E-state index in [1.807, 2.05) is 0 Å². The van der Waals surface area contributed by atoms with Crippen molar-refractivity contribution in [3.63, 3.8) is 0 Å². The van der Waals surface area contributed by atoms with Gasteiger partial charge in [-0.1, -0.05) is 41.9 Å². The van der Waals surface area contributed by atoms with Crippen LogP contribution in [0, 0.1) is 5.82 Å². The molecule has 0 bridgehead atoms. The Kier molecular flexibility index (Phi) is 6.17. The van der Waals surface area contributed by atoms with Crippen LogP contribution >= 0.6 is 11.6 Å². The molecule has 150 valence electrons. The van der Waals surface area contributed by atoms with E-state index in [0.717, 1.165) is 6.07 Å². The molecule has 0 aliphatic carbocycles. The van der Waals surface area contributed by atoms with E-state index in [9.17, 15) is 17.6 Å². The van der Waals surface area contributed by atoms with Crippen molar-refractivity contribution in [2.24, 2.45) is 5.73 Å². The molecule has 0 unspecified atom stereocenters. The van der Waals surface area contributed by atoms with Crippen molar-refractivity contribution in [2.75, 3.05) is 10.0 Å². The summed E-state index contributed by atoms with van der Waals surface area (Å²) in [6.07, 6.45) is 0.